The van der Waals surface area contributed by atoms with E-state index in [0.717, 1.165) is 10.5 Å². The molecule has 1 heterocycles. The van der Waals surface area contributed by atoms with Gasteiger partial charge in [-0.15, -0.1) is 0 Å². The molecule has 0 unspecified atom stereocenters. The summed E-state index contributed by atoms with van der Waals surface area (Å²) < 4.78 is 5.24. The van der Waals surface area contributed by atoms with Crippen molar-refractivity contribution in [1.29, 1.82) is 0 Å². The largest absolute Gasteiger partial charge is 0.496 e. The number of imide groups is 1. The van der Waals surface area contributed by atoms with Gasteiger partial charge in [0.15, 0.2) is 0 Å². The molecule has 3 rings (SSSR count). The lowest BCUT2D eigenvalue weighted by Gasteiger charge is -2.12. The molecule has 1 aliphatic rings. The maximum atomic E-state index is 12.5. The minimum Gasteiger partial charge on any atom is -0.496 e. The van der Waals surface area contributed by atoms with E-state index in [9.17, 15) is 14.4 Å². The molecule has 7 nitrogen and oxygen atoms in total. The Kier molecular flexibility index (Phi) is 5.21. The van der Waals surface area contributed by atoms with Gasteiger partial charge < -0.3 is 15.4 Å². The lowest BCUT2D eigenvalue weighted by atomic mass is 10.1. The zero-order valence-corrected chi connectivity index (χ0v) is 15.0. The van der Waals surface area contributed by atoms with Crippen LogP contribution in [0.1, 0.15) is 11.1 Å². The number of ether oxygens (including phenoxy) is 1. The molecule has 1 fully saturated rings. The van der Waals surface area contributed by atoms with Gasteiger partial charge in [0.25, 0.3) is 5.91 Å². The summed E-state index contributed by atoms with van der Waals surface area (Å²) in [5.74, 6) is -0.450. The van der Waals surface area contributed by atoms with E-state index >= 15 is 0 Å². The van der Waals surface area contributed by atoms with Crippen LogP contribution in [0.2, 0.25) is 0 Å². The first kappa shape index (κ1) is 18.2. The third kappa shape index (κ3) is 4.14. The molecule has 0 saturated carbocycles. The van der Waals surface area contributed by atoms with Crippen molar-refractivity contribution in [2.24, 2.45) is 0 Å². The highest BCUT2D eigenvalue weighted by atomic mass is 16.5. The van der Waals surface area contributed by atoms with Crippen LogP contribution < -0.4 is 15.4 Å². The number of anilines is 1. The molecule has 0 radical (unpaired) electrons. The SMILES string of the molecule is COc1ccccc1/C=C1/NC(=O)N(CC(=O)Nc2ccc(C)cc2)C1=O. The second-order valence-electron chi connectivity index (χ2n) is 6.04. The molecule has 0 aromatic heterocycles. The van der Waals surface area contributed by atoms with E-state index in [1.54, 1.807) is 36.4 Å². The summed E-state index contributed by atoms with van der Waals surface area (Å²) in [6.45, 7) is 1.57. The van der Waals surface area contributed by atoms with E-state index in [2.05, 4.69) is 10.6 Å². The number of carbonyl (C=O) groups is 3. The Morgan fingerprint density at radius 3 is 2.56 bits per heavy atom. The first-order chi connectivity index (χ1) is 13.0. The Labute approximate surface area is 156 Å². The fraction of sp³-hybridized carbons (Fsp3) is 0.150. The van der Waals surface area contributed by atoms with Crippen molar-refractivity contribution in [3.63, 3.8) is 0 Å². The van der Waals surface area contributed by atoms with Gasteiger partial charge in [-0.2, -0.15) is 0 Å². The predicted molar refractivity (Wildman–Crippen MR) is 101 cm³/mol. The third-order valence-electron chi connectivity index (χ3n) is 4.04. The van der Waals surface area contributed by atoms with E-state index in [1.807, 2.05) is 19.1 Å². The Morgan fingerprint density at radius 1 is 1.15 bits per heavy atom. The molecule has 0 atom stereocenters. The second kappa shape index (κ2) is 7.74. The molecule has 7 heteroatoms. The summed E-state index contributed by atoms with van der Waals surface area (Å²) >= 11 is 0. The number of nitrogens with zero attached hydrogens (tertiary/aromatic N) is 1. The summed E-state index contributed by atoms with van der Waals surface area (Å²) in [6.07, 6.45) is 1.52. The highest BCUT2D eigenvalue weighted by molar-refractivity contribution is 6.16. The third-order valence-corrected chi connectivity index (χ3v) is 4.04. The number of urea groups is 1. The molecule has 4 amide bonds. The first-order valence-corrected chi connectivity index (χ1v) is 8.32. The summed E-state index contributed by atoms with van der Waals surface area (Å²) in [7, 11) is 1.52. The highest BCUT2D eigenvalue weighted by Gasteiger charge is 2.35. The number of aryl methyl sites for hydroxylation is 1. The summed E-state index contributed by atoms with van der Waals surface area (Å²) in [6, 6.07) is 13.7. The lowest BCUT2D eigenvalue weighted by Crippen LogP contribution is -2.38. The summed E-state index contributed by atoms with van der Waals surface area (Å²) in [5, 5.41) is 5.16. The number of benzene rings is 2. The number of amides is 4. The Hall–Kier alpha value is -3.61. The lowest BCUT2D eigenvalue weighted by molar-refractivity contribution is -0.127. The molecule has 0 aliphatic carbocycles. The van der Waals surface area contributed by atoms with Gasteiger partial charge in [0, 0.05) is 11.3 Å². The number of methoxy groups -OCH3 is 1. The quantitative estimate of drug-likeness (QED) is 0.630. The van der Waals surface area contributed by atoms with Crippen molar-refractivity contribution in [1.82, 2.24) is 10.2 Å². The number of nitrogens with one attached hydrogen (secondary N) is 2. The second-order valence-corrected chi connectivity index (χ2v) is 6.04. The Balaban J connectivity index is 1.71. The van der Waals surface area contributed by atoms with Crippen LogP contribution in [0.15, 0.2) is 54.2 Å². The molecule has 0 spiro atoms. The van der Waals surface area contributed by atoms with Crippen molar-refractivity contribution in [2.45, 2.75) is 6.92 Å². The van der Waals surface area contributed by atoms with Crippen LogP contribution >= 0.6 is 0 Å². The van der Waals surface area contributed by atoms with Crippen molar-refractivity contribution < 1.29 is 19.1 Å². The van der Waals surface area contributed by atoms with Crippen molar-refractivity contribution in [3.8, 4) is 5.75 Å². The van der Waals surface area contributed by atoms with Crippen molar-refractivity contribution >= 4 is 29.6 Å². The highest BCUT2D eigenvalue weighted by Crippen LogP contribution is 2.22. The average molecular weight is 365 g/mol. The summed E-state index contributed by atoms with van der Waals surface area (Å²) in [4.78, 5) is 37.7. The minimum atomic E-state index is -0.639. The standard InChI is InChI=1S/C20H19N3O4/c1-13-7-9-15(10-8-13)21-18(24)12-23-19(25)16(22-20(23)26)11-14-5-3-4-6-17(14)27-2/h3-11H,12H2,1-2H3,(H,21,24)(H,22,26)/b16-11+. The first-order valence-electron chi connectivity index (χ1n) is 8.32. The van der Waals surface area contributed by atoms with Crippen LogP contribution in [-0.2, 0) is 9.59 Å². The molecule has 138 valence electrons. The van der Waals surface area contributed by atoms with Gasteiger partial charge in [-0.25, -0.2) is 9.69 Å². The topological polar surface area (TPSA) is 87.7 Å². The number of rotatable bonds is 5. The van der Waals surface area contributed by atoms with Crippen molar-refractivity contribution in [2.75, 3.05) is 19.0 Å². The number of carbonyl (C=O) groups excluding carboxylic acids is 3. The van der Waals surface area contributed by atoms with E-state index in [4.69, 9.17) is 4.74 Å². The van der Waals surface area contributed by atoms with Gasteiger partial charge in [-0.05, 0) is 31.2 Å². The minimum absolute atomic E-state index is 0.0904. The van der Waals surface area contributed by atoms with Crippen LogP contribution in [0.25, 0.3) is 6.08 Å². The molecule has 2 aromatic rings. The van der Waals surface area contributed by atoms with Crippen LogP contribution in [0.5, 0.6) is 5.75 Å². The number of para-hydroxylation sites is 1. The van der Waals surface area contributed by atoms with Crippen molar-refractivity contribution in [3.05, 3.63) is 65.4 Å². The van der Waals surface area contributed by atoms with Gasteiger partial charge in [-0.1, -0.05) is 35.9 Å². The maximum absolute atomic E-state index is 12.5. The Morgan fingerprint density at radius 2 is 1.85 bits per heavy atom. The molecule has 2 aromatic carbocycles. The molecule has 2 N–H and O–H groups in total. The Bertz CT molecular complexity index is 919. The zero-order valence-electron chi connectivity index (χ0n) is 15.0. The van der Waals surface area contributed by atoms with E-state index in [0.29, 0.717) is 17.0 Å². The van der Waals surface area contributed by atoms with Gasteiger partial charge in [0.2, 0.25) is 5.91 Å². The number of hydrogen-bond acceptors (Lipinski definition) is 4. The molecule has 27 heavy (non-hydrogen) atoms. The van der Waals surface area contributed by atoms with Gasteiger partial charge >= 0.3 is 6.03 Å². The normalized spacial score (nSPS) is 15.0. The smallest absolute Gasteiger partial charge is 0.329 e. The van der Waals surface area contributed by atoms with E-state index in [-0.39, 0.29) is 12.2 Å². The summed E-state index contributed by atoms with van der Waals surface area (Å²) in [5.41, 5.74) is 2.40. The van der Waals surface area contributed by atoms with Gasteiger partial charge in [0.05, 0.1) is 7.11 Å². The monoisotopic (exact) mass is 365 g/mol. The molecule has 1 saturated heterocycles. The van der Waals surface area contributed by atoms with Gasteiger partial charge in [0.1, 0.15) is 18.0 Å². The number of hydrogen-bond donors (Lipinski definition) is 2. The molecular formula is C20H19N3O4. The maximum Gasteiger partial charge on any atom is 0.329 e. The zero-order chi connectivity index (χ0) is 19.4. The van der Waals surface area contributed by atoms with Crippen LogP contribution in [0.3, 0.4) is 0 Å². The molecule has 1 aliphatic heterocycles. The molecular weight excluding hydrogens is 346 g/mol. The fourth-order valence-electron chi connectivity index (χ4n) is 2.64. The fourth-order valence-corrected chi connectivity index (χ4v) is 2.64. The van der Waals surface area contributed by atoms with E-state index < -0.39 is 17.8 Å². The molecule has 0 bridgehead atoms. The van der Waals surface area contributed by atoms with Gasteiger partial charge in [-0.3, -0.25) is 9.59 Å². The van der Waals surface area contributed by atoms with Crippen LogP contribution in [0.4, 0.5) is 10.5 Å². The average Bonchev–Trinajstić information content (AvgIpc) is 2.91. The van der Waals surface area contributed by atoms with E-state index in [1.165, 1.54) is 13.2 Å². The predicted octanol–water partition coefficient (Wildman–Crippen LogP) is 2.54. The van der Waals surface area contributed by atoms with Crippen LogP contribution in [-0.4, -0.2) is 36.4 Å². The van der Waals surface area contributed by atoms with Crippen LogP contribution in [0, 0.1) is 6.92 Å².